The van der Waals surface area contributed by atoms with Gasteiger partial charge in [0.1, 0.15) is 11.7 Å². The molecule has 2 heterocycles. The Kier molecular flexibility index (Phi) is 9.64. The first kappa shape index (κ1) is 28.5. The van der Waals surface area contributed by atoms with Gasteiger partial charge in [0.25, 0.3) is 0 Å². The maximum Gasteiger partial charge on any atom is 0.312 e. The lowest BCUT2D eigenvalue weighted by Gasteiger charge is -2.37. The van der Waals surface area contributed by atoms with Crippen molar-refractivity contribution in [3.63, 3.8) is 0 Å². The number of ether oxygens (including phenoxy) is 3. The molecule has 0 aliphatic carbocycles. The molecule has 2 rings (SSSR count). The van der Waals surface area contributed by atoms with Crippen LogP contribution in [0.15, 0.2) is 71.9 Å². The van der Waals surface area contributed by atoms with Crippen LogP contribution >= 0.6 is 0 Å². The molecule has 0 aromatic carbocycles. The number of esters is 2. The monoisotopic (exact) mass is 484 g/mol. The van der Waals surface area contributed by atoms with Crippen LogP contribution in [0.5, 0.6) is 0 Å². The summed E-state index contributed by atoms with van der Waals surface area (Å²) in [5.41, 5.74) is 0.507. The molecule has 7 atom stereocenters. The lowest BCUT2D eigenvalue weighted by Crippen LogP contribution is -2.44. The molecule has 6 heteroatoms. The van der Waals surface area contributed by atoms with Crippen LogP contribution < -0.4 is 0 Å². The number of methoxy groups -OCH3 is 1. The Morgan fingerprint density at radius 1 is 1.11 bits per heavy atom. The number of allylic oxidation sites excluding steroid dienone is 8. The first-order valence-electron chi connectivity index (χ1n) is 12.1. The summed E-state index contributed by atoms with van der Waals surface area (Å²) >= 11 is 0. The Morgan fingerprint density at radius 2 is 1.69 bits per heavy atom. The molecule has 0 aromatic rings. The molecule has 6 nitrogen and oxygen atoms in total. The van der Waals surface area contributed by atoms with Crippen molar-refractivity contribution in [2.75, 3.05) is 7.11 Å². The molecule has 7 unspecified atom stereocenters. The number of hydrogen-bond donors (Lipinski definition) is 1. The average molecular weight is 485 g/mol. The van der Waals surface area contributed by atoms with Gasteiger partial charge in [-0.05, 0) is 51.8 Å². The second-order valence-corrected chi connectivity index (χ2v) is 9.95. The average Bonchev–Trinajstić information content (AvgIpc) is 3.02. The summed E-state index contributed by atoms with van der Waals surface area (Å²) in [5, 5.41) is 10.3. The fraction of sp³-hybridized carbons (Fsp3) is 0.517. The third kappa shape index (κ3) is 6.71. The summed E-state index contributed by atoms with van der Waals surface area (Å²) in [7, 11) is 1.33. The second-order valence-electron chi connectivity index (χ2n) is 9.95. The van der Waals surface area contributed by atoms with E-state index in [9.17, 15) is 14.7 Å². The van der Waals surface area contributed by atoms with Crippen LogP contribution in [0.3, 0.4) is 0 Å². The highest BCUT2D eigenvalue weighted by atomic mass is 16.6. The van der Waals surface area contributed by atoms with Crippen molar-refractivity contribution in [1.29, 1.82) is 0 Å². The summed E-state index contributed by atoms with van der Waals surface area (Å²) < 4.78 is 16.3. The van der Waals surface area contributed by atoms with E-state index in [-0.39, 0.29) is 24.1 Å². The number of rotatable bonds is 8. The van der Waals surface area contributed by atoms with Crippen molar-refractivity contribution < 1.29 is 28.9 Å². The van der Waals surface area contributed by atoms with E-state index in [1.165, 1.54) is 7.11 Å². The van der Waals surface area contributed by atoms with Gasteiger partial charge >= 0.3 is 11.9 Å². The zero-order valence-electron chi connectivity index (χ0n) is 22.1. The lowest BCUT2D eigenvalue weighted by molar-refractivity contribution is -0.155. The van der Waals surface area contributed by atoms with E-state index in [4.69, 9.17) is 14.2 Å². The summed E-state index contributed by atoms with van der Waals surface area (Å²) in [6, 6.07) is 0. The second kappa shape index (κ2) is 11.8. The summed E-state index contributed by atoms with van der Waals surface area (Å²) in [5.74, 6) is -1.62. The SMILES string of the molecule is COC(=O)C(C)C1OC(=O)C(C)C1(C)C=CC=CC=CC=CC=C(C)C1OC(C)C(C)(O)C=C1C. The van der Waals surface area contributed by atoms with Gasteiger partial charge in [-0.25, -0.2) is 0 Å². The molecule has 35 heavy (non-hydrogen) atoms. The third-order valence-electron chi connectivity index (χ3n) is 7.16. The quantitative estimate of drug-likeness (QED) is 0.296. The number of cyclic esters (lactones) is 1. The number of hydrogen-bond acceptors (Lipinski definition) is 6. The highest BCUT2D eigenvalue weighted by Crippen LogP contribution is 2.45. The standard InChI is InChI=1S/C29H40O6/c1-19(24-20(2)18-29(7,32)23(5)34-24)16-14-12-10-9-11-13-15-17-28(6)22(4)27(31)35-25(28)21(3)26(30)33-8/h9-18,21-25,32H,1-8H3. The van der Waals surface area contributed by atoms with Crippen LogP contribution in [0, 0.1) is 17.3 Å². The fourth-order valence-corrected chi connectivity index (χ4v) is 4.49. The van der Waals surface area contributed by atoms with Crippen LogP contribution in [0.2, 0.25) is 0 Å². The Labute approximate surface area is 209 Å². The minimum Gasteiger partial charge on any atom is -0.469 e. The molecule has 1 N–H and O–H groups in total. The van der Waals surface area contributed by atoms with E-state index < -0.39 is 29.0 Å². The van der Waals surface area contributed by atoms with E-state index in [1.54, 1.807) is 13.8 Å². The maximum atomic E-state index is 12.2. The maximum absolute atomic E-state index is 12.2. The van der Waals surface area contributed by atoms with Gasteiger partial charge in [0, 0.05) is 5.41 Å². The first-order valence-corrected chi connectivity index (χ1v) is 12.1. The summed E-state index contributed by atoms with van der Waals surface area (Å²) in [6.45, 7) is 13.1. The Balaban J connectivity index is 1.97. The van der Waals surface area contributed by atoms with Gasteiger partial charge in [-0.1, -0.05) is 68.5 Å². The van der Waals surface area contributed by atoms with E-state index in [0.29, 0.717) is 0 Å². The molecule has 0 radical (unpaired) electrons. The minimum atomic E-state index is -0.948. The highest BCUT2D eigenvalue weighted by molar-refractivity contribution is 5.79. The van der Waals surface area contributed by atoms with Crippen molar-refractivity contribution in [1.82, 2.24) is 0 Å². The van der Waals surface area contributed by atoms with Gasteiger partial charge in [-0.2, -0.15) is 0 Å². The molecule has 0 bridgehead atoms. The van der Waals surface area contributed by atoms with Crippen LogP contribution in [0.25, 0.3) is 0 Å². The zero-order valence-corrected chi connectivity index (χ0v) is 22.1. The van der Waals surface area contributed by atoms with Crippen molar-refractivity contribution >= 4 is 11.9 Å². The third-order valence-corrected chi connectivity index (χ3v) is 7.16. The number of aliphatic hydroxyl groups is 1. The molecular formula is C29H40O6. The molecule has 2 aliphatic rings. The summed E-state index contributed by atoms with van der Waals surface area (Å²) in [6.07, 6.45) is 18.2. The largest absolute Gasteiger partial charge is 0.469 e. The van der Waals surface area contributed by atoms with Gasteiger partial charge in [0.15, 0.2) is 0 Å². The molecule has 0 amide bonds. The molecular weight excluding hydrogens is 444 g/mol. The molecule has 2 aliphatic heterocycles. The molecule has 0 saturated carbocycles. The highest BCUT2D eigenvalue weighted by Gasteiger charge is 2.53. The van der Waals surface area contributed by atoms with Gasteiger partial charge < -0.3 is 19.3 Å². The van der Waals surface area contributed by atoms with Gasteiger partial charge in [-0.3, -0.25) is 9.59 Å². The minimum absolute atomic E-state index is 0.134. The smallest absolute Gasteiger partial charge is 0.312 e. The molecule has 0 aromatic heterocycles. The number of carbonyl (C=O) groups excluding carboxylic acids is 2. The molecule has 192 valence electrons. The number of carbonyl (C=O) groups is 2. The lowest BCUT2D eigenvalue weighted by atomic mass is 9.72. The Hall–Kier alpha value is -2.70. The van der Waals surface area contributed by atoms with Gasteiger partial charge in [0.05, 0.1) is 31.2 Å². The van der Waals surface area contributed by atoms with Crippen molar-refractivity contribution in [3.05, 3.63) is 71.9 Å². The molecule has 1 saturated heterocycles. The first-order chi connectivity index (χ1) is 16.3. The van der Waals surface area contributed by atoms with E-state index in [2.05, 4.69) is 0 Å². The van der Waals surface area contributed by atoms with Crippen LogP contribution in [0.4, 0.5) is 0 Å². The van der Waals surface area contributed by atoms with Crippen molar-refractivity contribution in [2.24, 2.45) is 17.3 Å². The van der Waals surface area contributed by atoms with Gasteiger partial charge in [-0.15, -0.1) is 0 Å². The Bertz CT molecular complexity index is 964. The predicted molar refractivity (Wildman–Crippen MR) is 137 cm³/mol. The topological polar surface area (TPSA) is 82.1 Å². The zero-order chi connectivity index (χ0) is 26.4. The van der Waals surface area contributed by atoms with Crippen molar-refractivity contribution in [3.8, 4) is 0 Å². The van der Waals surface area contributed by atoms with E-state index >= 15 is 0 Å². The van der Waals surface area contributed by atoms with E-state index in [1.807, 2.05) is 95.4 Å². The fourth-order valence-electron chi connectivity index (χ4n) is 4.49. The summed E-state index contributed by atoms with van der Waals surface area (Å²) in [4.78, 5) is 24.2. The van der Waals surface area contributed by atoms with Gasteiger partial charge in [0.2, 0.25) is 0 Å². The van der Waals surface area contributed by atoms with Crippen LogP contribution in [-0.2, 0) is 23.8 Å². The van der Waals surface area contributed by atoms with Crippen LogP contribution in [-0.4, -0.2) is 48.1 Å². The normalized spacial score (nSPS) is 35.3. The predicted octanol–water partition coefficient (Wildman–Crippen LogP) is 5.02. The van der Waals surface area contributed by atoms with Crippen molar-refractivity contribution in [2.45, 2.75) is 72.4 Å². The molecule has 0 spiro atoms. The Morgan fingerprint density at radius 3 is 2.29 bits per heavy atom. The van der Waals surface area contributed by atoms with Crippen LogP contribution in [0.1, 0.15) is 48.5 Å². The molecule has 1 fully saturated rings. The van der Waals surface area contributed by atoms with E-state index in [0.717, 1.165) is 11.1 Å².